The molecule has 1 aliphatic rings. The zero-order chi connectivity index (χ0) is 13.7. The minimum absolute atomic E-state index is 0.503. The minimum Gasteiger partial charge on any atom is -0.496 e. The third-order valence-electron chi connectivity index (χ3n) is 3.95. The third kappa shape index (κ3) is 3.95. The Morgan fingerprint density at radius 1 is 1.32 bits per heavy atom. The SMILES string of the molecule is COc1ccc(C)cc1C(O)CNC1CCCCC1. The van der Waals surface area contributed by atoms with Crippen LogP contribution in [0.5, 0.6) is 5.75 Å². The molecule has 0 bridgehead atoms. The van der Waals surface area contributed by atoms with Gasteiger partial charge in [0.25, 0.3) is 0 Å². The first-order valence-corrected chi connectivity index (χ1v) is 7.26. The second-order valence-corrected chi connectivity index (χ2v) is 5.50. The molecule has 0 radical (unpaired) electrons. The third-order valence-corrected chi connectivity index (χ3v) is 3.95. The second-order valence-electron chi connectivity index (χ2n) is 5.50. The first-order valence-electron chi connectivity index (χ1n) is 7.26. The molecule has 0 aliphatic heterocycles. The van der Waals surface area contributed by atoms with E-state index in [2.05, 4.69) is 5.32 Å². The van der Waals surface area contributed by atoms with E-state index in [0.29, 0.717) is 12.6 Å². The van der Waals surface area contributed by atoms with Gasteiger partial charge in [0.1, 0.15) is 5.75 Å². The topological polar surface area (TPSA) is 41.5 Å². The van der Waals surface area contributed by atoms with Crippen molar-refractivity contribution in [3.05, 3.63) is 29.3 Å². The van der Waals surface area contributed by atoms with Crippen molar-refractivity contribution in [1.82, 2.24) is 5.32 Å². The average Bonchev–Trinajstić information content (AvgIpc) is 2.46. The van der Waals surface area contributed by atoms with Gasteiger partial charge in [-0.25, -0.2) is 0 Å². The van der Waals surface area contributed by atoms with Gasteiger partial charge in [-0.2, -0.15) is 0 Å². The van der Waals surface area contributed by atoms with Crippen molar-refractivity contribution in [2.24, 2.45) is 0 Å². The first kappa shape index (κ1) is 14.4. The van der Waals surface area contributed by atoms with Crippen LogP contribution < -0.4 is 10.1 Å². The molecular weight excluding hydrogens is 238 g/mol. The van der Waals surface area contributed by atoms with Crippen LogP contribution in [0.1, 0.15) is 49.3 Å². The average molecular weight is 263 g/mol. The molecule has 1 unspecified atom stereocenters. The van der Waals surface area contributed by atoms with Crippen LogP contribution >= 0.6 is 0 Å². The van der Waals surface area contributed by atoms with Gasteiger partial charge < -0.3 is 15.2 Å². The quantitative estimate of drug-likeness (QED) is 0.858. The van der Waals surface area contributed by atoms with Crippen molar-refractivity contribution < 1.29 is 9.84 Å². The Kier molecular flexibility index (Phi) is 5.23. The summed E-state index contributed by atoms with van der Waals surface area (Å²) in [6, 6.07) is 6.50. The molecule has 3 nitrogen and oxygen atoms in total. The minimum atomic E-state index is -0.503. The first-order chi connectivity index (χ1) is 9.20. The zero-order valence-electron chi connectivity index (χ0n) is 12.0. The number of hydrogen-bond acceptors (Lipinski definition) is 3. The monoisotopic (exact) mass is 263 g/mol. The van der Waals surface area contributed by atoms with E-state index in [4.69, 9.17) is 4.74 Å². The summed E-state index contributed by atoms with van der Waals surface area (Å²) in [5.74, 6) is 0.767. The highest BCUT2D eigenvalue weighted by molar-refractivity contribution is 5.38. The Morgan fingerprint density at radius 2 is 2.05 bits per heavy atom. The van der Waals surface area contributed by atoms with Gasteiger partial charge in [0.15, 0.2) is 0 Å². The lowest BCUT2D eigenvalue weighted by atomic mass is 9.95. The van der Waals surface area contributed by atoms with E-state index in [1.54, 1.807) is 7.11 Å². The van der Waals surface area contributed by atoms with Crippen LogP contribution in [-0.4, -0.2) is 24.8 Å². The Morgan fingerprint density at radius 3 is 2.74 bits per heavy atom. The molecule has 3 heteroatoms. The number of methoxy groups -OCH3 is 1. The summed E-state index contributed by atoms with van der Waals surface area (Å²) in [5.41, 5.74) is 2.03. The normalized spacial score (nSPS) is 18.3. The number of ether oxygens (including phenoxy) is 1. The molecule has 1 aromatic carbocycles. The molecular formula is C16H25NO2. The summed E-state index contributed by atoms with van der Waals surface area (Å²) in [5, 5.41) is 13.8. The molecule has 19 heavy (non-hydrogen) atoms. The summed E-state index contributed by atoms with van der Waals surface area (Å²) in [6.45, 7) is 2.63. The lowest BCUT2D eigenvalue weighted by Crippen LogP contribution is -2.34. The summed E-state index contributed by atoms with van der Waals surface area (Å²) in [4.78, 5) is 0. The van der Waals surface area contributed by atoms with Crippen LogP contribution in [-0.2, 0) is 0 Å². The molecule has 106 valence electrons. The van der Waals surface area contributed by atoms with E-state index in [9.17, 15) is 5.11 Å². The lowest BCUT2D eigenvalue weighted by Gasteiger charge is -2.25. The number of aryl methyl sites for hydroxylation is 1. The van der Waals surface area contributed by atoms with Gasteiger partial charge in [0.05, 0.1) is 13.2 Å². The molecule has 0 aromatic heterocycles. The van der Waals surface area contributed by atoms with Crippen molar-refractivity contribution >= 4 is 0 Å². The van der Waals surface area contributed by atoms with Gasteiger partial charge in [-0.1, -0.05) is 30.9 Å². The Labute approximate surface area is 116 Å². The van der Waals surface area contributed by atoms with Gasteiger partial charge >= 0.3 is 0 Å². The number of aliphatic hydroxyl groups excluding tert-OH is 1. The number of rotatable bonds is 5. The Balaban J connectivity index is 1.94. The van der Waals surface area contributed by atoms with Crippen molar-refractivity contribution in [3.63, 3.8) is 0 Å². The van der Waals surface area contributed by atoms with Crippen molar-refractivity contribution in [2.75, 3.05) is 13.7 Å². The maximum atomic E-state index is 10.3. The van der Waals surface area contributed by atoms with Crippen molar-refractivity contribution in [1.29, 1.82) is 0 Å². The van der Waals surface area contributed by atoms with Crippen molar-refractivity contribution in [2.45, 2.75) is 51.2 Å². The highest BCUT2D eigenvalue weighted by atomic mass is 16.5. The van der Waals surface area contributed by atoms with E-state index >= 15 is 0 Å². The van der Waals surface area contributed by atoms with E-state index in [1.807, 2.05) is 25.1 Å². The predicted octanol–water partition coefficient (Wildman–Crippen LogP) is 2.96. The van der Waals surface area contributed by atoms with Crippen LogP contribution in [0.2, 0.25) is 0 Å². The van der Waals surface area contributed by atoms with E-state index in [1.165, 1.54) is 32.1 Å². The van der Waals surface area contributed by atoms with E-state index < -0.39 is 6.10 Å². The fourth-order valence-electron chi connectivity index (χ4n) is 2.81. The number of nitrogens with one attached hydrogen (secondary N) is 1. The Hall–Kier alpha value is -1.06. The number of benzene rings is 1. The molecule has 2 N–H and O–H groups in total. The molecule has 1 saturated carbocycles. The molecule has 0 heterocycles. The lowest BCUT2D eigenvalue weighted by molar-refractivity contribution is 0.161. The van der Waals surface area contributed by atoms with Crippen LogP contribution in [0, 0.1) is 6.92 Å². The molecule has 1 fully saturated rings. The van der Waals surface area contributed by atoms with Gasteiger partial charge in [-0.05, 0) is 31.9 Å². The molecule has 1 aliphatic carbocycles. The molecule has 0 spiro atoms. The van der Waals surface area contributed by atoms with Crippen LogP contribution in [0.25, 0.3) is 0 Å². The second kappa shape index (κ2) is 6.92. The highest BCUT2D eigenvalue weighted by Crippen LogP contribution is 2.26. The maximum absolute atomic E-state index is 10.3. The smallest absolute Gasteiger partial charge is 0.124 e. The van der Waals surface area contributed by atoms with Gasteiger partial charge in [0, 0.05) is 18.2 Å². The fourth-order valence-corrected chi connectivity index (χ4v) is 2.81. The standard InChI is InChI=1S/C16H25NO2/c1-12-8-9-16(19-2)14(10-12)15(18)11-17-13-6-4-3-5-7-13/h8-10,13,15,17-18H,3-7,11H2,1-2H3. The largest absolute Gasteiger partial charge is 0.496 e. The highest BCUT2D eigenvalue weighted by Gasteiger charge is 2.17. The van der Waals surface area contributed by atoms with E-state index in [0.717, 1.165) is 16.9 Å². The summed E-state index contributed by atoms with van der Waals surface area (Å²) in [6.07, 6.45) is 5.93. The van der Waals surface area contributed by atoms with Crippen LogP contribution in [0.3, 0.4) is 0 Å². The van der Waals surface area contributed by atoms with Gasteiger partial charge in [-0.15, -0.1) is 0 Å². The molecule has 1 atom stereocenters. The summed E-state index contributed by atoms with van der Waals surface area (Å²) in [7, 11) is 1.65. The number of aliphatic hydroxyl groups is 1. The number of hydrogen-bond donors (Lipinski definition) is 2. The van der Waals surface area contributed by atoms with Crippen LogP contribution in [0.15, 0.2) is 18.2 Å². The molecule has 0 amide bonds. The summed E-state index contributed by atoms with van der Waals surface area (Å²) >= 11 is 0. The van der Waals surface area contributed by atoms with E-state index in [-0.39, 0.29) is 0 Å². The molecule has 1 aromatic rings. The Bertz CT molecular complexity index is 400. The van der Waals surface area contributed by atoms with Gasteiger partial charge in [-0.3, -0.25) is 0 Å². The fraction of sp³-hybridized carbons (Fsp3) is 0.625. The molecule has 2 rings (SSSR count). The van der Waals surface area contributed by atoms with Crippen molar-refractivity contribution in [3.8, 4) is 5.75 Å². The molecule has 0 saturated heterocycles. The summed E-state index contributed by atoms with van der Waals surface area (Å²) < 4.78 is 5.33. The van der Waals surface area contributed by atoms with Gasteiger partial charge in [0.2, 0.25) is 0 Å². The maximum Gasteiger partial charge on any atom is 0.124 e. The zero-order valence-corrected chi connectivity index (χ0v) is 12.0. The predicted molar refractivity (Wildman–Crippen MR) is 77.6 cm³/mol. The van der Waals surface area contributed by atoms with Crippen LogP contribution in [0.4, 0.5) is 0 Å².